The SMILES string of the molecule is Cc1ccc(NC(=O)[C@H](C)Sc2nnc(-c3ccccc3)c(-c3ccccc3)n2)c(C)c1. The Balaban J connectivity index is 1.59. The molecule has 0 spiro atoms. The van der Waals surface area contributed by atoms with Crippen LogP contribution in [0, 0.1) is 13.8 Å². The van der Waals surface area contributed by atoms with Gasteiger partial charge in [0.1, 0.15) is 11.4 Å². The molecule has 6 heteroatoms. The second-order valence-electron chi connectivity index (χ2n) is 7.59. The summed E-state index contributed by atoms with van der Waals surface area (Å²) in [6.45, 7) is 5.87. The van der Waals surface area contributed by atoms with Crippen molar-refractivity contribution in [3.63, 3.8) is 0 Å². The highest BCUT2D eigenvalue weighted by atomic mass is 32.2. The van der Waals surface area contributed by atoms with E-state index in [1.165, 1.54) is 11.8 Å². The number of carbonyl (C=O) groups is 1. The molecule has 1 N–H and O–H groups in total. The van der Waals surface area contributed by atoms with E-state index in [1.807, 2.05) is 93.6 Å². The zero-order chi connectivity index (χ0) is 22.5. The topological polar surface area (TPSA) is 67.8 Å². The first-order valence-corrected chi connectivity index (χ1v) is 11.3. The molecule has 32 heavy (non-hydrogen) atoms. The van der Waals surface area contributed by atoms with E-state index in [2.05, 4.69) is 21.6 Å². The molecule has 1 amide bonds. The molecule has 0 unspecified atom stereocenters. The molecule has 1 heterocycles. The number of carbonyl (C=O) groups excluding carboxylic acids is 1. The summed E-state index contributed by atoms with van der Waals surface area (Å²) >= 11 is 1.30. The molecule has 0 fully saturated rings. The summed E-state index contributed by atoms with van der Waals surface area (Å²) < 4.78 is 0. The largest absolute Gasteiger partial charge is 0.325 e. The molecule has 1 atom stereocenters. The normalized spacial score (nSPS) is 11.7. The Bertz CT molecular complexity index is 1230. The number of aromatic nitrogens is 3. The molecule has 0 aliphatic heterocycles. The number of nitrogens with one attached hydrogen (secondary N) is 1. The monoisotopic (exact) mass is 440 g/mol. The molecule has 3 aromatic carbocycles. The van der Waals surface area contributed by atoms with Crippen molar-refractivity contribution >= 4 is 23.4 Å². The van der Waals surface area contributed by atoms with E-state index in [1.54, 1.807) is 0 Å². The van der Waals surface area contributed by atoms with Gasteiger partial charge in [-0.1, -0.05) is 90.1 Å². The van der Waals surface area contributed by atoms with Crippen molar-refractivity contribution < 1.29 is 4.79 Å². The van der Waals surface area contributed by atoms with Gasteiger partial charge in [0.25, 0.3) is 0 Å². The second kappa shape index (κ2) is 9.75. The zero-order valence-electron chi connectivity index (χ0n) is 18.2. The van der Waals surface area contributed by atoms with Gasteiger partial charge in [0.15, 0.2) is 0 Å². The van der Waals surface area contributed by atoms with Gasteiger partial charge in [0.2, 0.25) is 11.1 Å². The van der Waals surface area contributed by atoms with Crippen LogP contribution in [0.1, 0.15) is 18.1 Å². The zero-order valence-corrected chi connectivity index (χ0v) is 19.1. The molecule has 1 aromatic heterocycles. The average Bonchev–Trinajstić information content (AvgIpc) is 2.82. The summed E-state index contributed by atoms with van der Waals surface area (Å²) in [6, 6.07) is 25.8. The van der Waals surface area contributed by atoms with Crippen molar-refractivity contribution in [2.45, 2.75) is 31.2 Å². The summed E-state index contributed by atoms with van der Waals surface area (Å²) in [4.78, 5) is 17.6. The molecule has 5 nitrogen and oxygen atoms in total. The van der Waals surface area contributed by atoms with Gasteiger partial charge in [0.05, 0.1) is 5.25 Å². The first-order valence-electron chi connectivity index (χ1n) is 10.4. The summed E-state index contributed by atoms with van der Waals surface area (Å²) in [6.07, 6.45) is 0. The number of amides is 1. The number of hydrogen-bond donors (Lipinski definition) is 1. The van der Waals surface area contributed by atoms with Crippen LogP contribution in [0.25, 0.3) is 22.5 Å². The van der Waals surface area contributed by atoms with Crippen LogP contribution in [0.4, 0.5) is 5.69 Å². The molecule has 4 aromatic rings. The maximum absolute atomic E-state index is 12.8. The van der Waals surface area contributed by atoms with Crippen LogP contribution in [0.3, 0.4) is 0 Å². The van der Waals surface area contributed by atoms with E-state index < -0.39 is 0 Å². The molecule has 0 aliphatic rings. The Morgan fingerprint density at radius 1 is 0.844 bits per heavy atom. The highest BCUT2D eigenvalue weighted by Crippen LogP contribution is 2.31. The van der Waals surface area contributed by atoms with Gasteiger partial charge in [-0.3, -0.25) is 4.79 Å². The van der Waals surface area contributed by atoms with Gasteiger partial charge in [-0.15, -0.1) is 10.2 Å². The Labute approximate surface area is 192 Å². The molecule has 0 saturated carbocycles. The minimum Gasteiger partial charge on any atom is -0.325 e. The lowest BCUT2D eigenvalue weighted by Gasteiger charge is -2.14. The van der Waals surface area contributed by atoms with Crippen LogP contribution in [0.2, 0.25) is 0 Å². The molecule has 0 saturated heterocycles. The summed E-state index contributed by atoms with van der Waals surface area (Å²) in [7, 11) is 0. The highest BCUT2D eigenvalue weighted by molar-refractivity contribution is 8.00. The first kappa shape index (κ1) is 21.7. The van der Waals surface area contributed by atoms with E-state index >= 15 is 0 Å². The van der Waals surface area contributed by atoms with Crippen molar-refractivity contribution in [2.24, 2.45) is 0 Å². The van der Waals surface area contributed by atoms with Gasteiger partial charge in [-0.2, -0.15) is 0 Å². The van der Waals surface area contributed by atoms with E-state index in [-0.39, 0.29) is 11.2 Å². The number of benzene rings is 3. The maximum atomic E-state index is 12.8. The third-order valence-corrected chi connectivity index (χ3v) is 6.00. The Morgan fingerprint density at radius 3 is 2.09 bits per heavy atom. The minimum absolute atomic E-state index is 0.0982. The van der Waals surface area contributed by atoms with Crippen LogP contribution in [0.15, 0.2) is 84.0 Å². The second-order valence-corrected chi connectivity index (χ2v) is 8.90. The lowest BCUT2D eigenvalue weighted by Crippen LogP contribution is -2.23. The minimum atomic E-state index is -0.385. The van der Waals surface area contributed by atoms with Gasteiger partial charge in [-0.25, -0.2) is 4.98 Å². The van der Waals surface area contributed by atoms with Crippen molar-refractivity contribution in [3.05, 3.63) is 90.0 Å². The predicted octanol–water partition coefficient (Wildman–Crippen LogP) is 5.94. The number of anilines is 1. The standard InChI is InChI=1S/C26H24N4OS/c1-17-14-15-22(18(2)16-17)27-25(31)19(3)32-26-28-23(20-10-6-4-7-11-20)24(29-30-26)21-12-8-5-9-13-21/h4-16,19H,1-3H3,(H,27,31)/t19-/m0/s1. The van der Waals surface area contributed by atoms with Gasteiger partial charge in [0, 0.05) is 16.8 Å². The van der Waals surface area contributed by atoms with E-state index in [4.69, 9.17) is 4.98 Å². The van der Waals surface area contributed by atoms with Crippen molar-refractivity contribution in [2.75, 3.05) is 5.32 Å². The van der Waals surface area contributed by atoms with E-state index in [0.29, 0.717) is 10.9 Å². The van der Waals surface area contributed by atoms with Crippen molar-refractivity contribution in [1.29, 1.82) is 0 Å². The number of nitrogens with zero attached hydrogens (tertiary/aromatic N) is 3. The van der Waals surface area contributed by atoms with Crippen LogP contribution >= 0.6 is 11.8 Å². The van der Waals surface area contributed by atoms with Gasteiger partial charge in [-0.05, 0) is 32.4 Å². The Morgan fingerprint density at radius 2 is 1.47 bits per heavy atom. The van der Waals surface area contributed by atoms with E-state index in [9.17, 15) is 4.79 Å². The fourth-order valence-electron chi connectivity index (χ4n) is 3.35. The lowest BCUT2D eigenvalue weighted by molar-refractivity contribution is -0.115. The molecule has 0 aliphatic carbocycles. The fourth-order valence-corrected chi connectivity index (χ4v) is 4.06. The molecule has 160 valence electrons. The van der Waals surface area contributed by atoms with Crippen molar-refractivity contribution in [1.82, 2.24) is 15.2 Å². The molecule has 4 rings (SSSR count). The maximum Gasteiger partial charge on any atom is 0.237 e. The third kappa shape index (κ3) is 5.03. The number of thioether (sulfide) groups is 1. The molecular formula is C26H24N4OS. The van der Waals surface area contributed by atoms with Crippen molar-refractivity contribution in [3.8, 4) is 22.5 Å². The summed E-state index contributed by atoms with van der Waals surface area (Å²) in [5.41, 5.74) is 6.38. The highest BCUT2D eigenvalue weighted by Gasteiger charge is 2.20. The quantitative estimate of drug-likeness (QED) is 0.376. The Hall–Kier alpha value is -3.51. The first-order chi connectivity index (χ1) is 15.5. The molecular weight excluding hydrogens is 416 g/mol. The molecule has 0 radical (unpaired) electrons. The smallest absolute Gasteiger partial charge is 0.237 e. The van der Waals surface area contributed by atoms with Crippen LogP contribution in [-0.4, -0.2) is 26.3 Å². The number of hydrogen-bond acceptors (Lipinski definition) is 5. The predicted molar refractivity (Wildman–Crippen MR) is 131 cm³/mol. The van der Waals surface area contributed by atoms with Crippen LogP contribution < -0.4 is 5.32 Å². The van der Waals surface area contributed by atoms with Gasteiger partial charge < -0.3 is 5.32 Å². The summed E-state index contributed by atoms with van der Waals surface area (Å²) in [5, 5.41) is 11.9. The number of aryl methyl sites for hydroxylation is 2. The Kier molecular flexibility index (Phi) is 6.61. The van der Waals surface area contributed by atoms with Crippen LogP contribution in [-0.2, 0) is 4.79 Å². The number of rotatable bonds is 6. The third-order valence-electron chi connectivity index (χ3n) is 5.05. The van der Waals surface area contributed by atoms with Gasteiger partial charge >= 0.3 is 0 Å². The lowest BCUT2D eigenvalue weighted by atomic mass is 10.0. The summed E-state index contributed by atoms with van der Waals surface area (Å²) in [5.74, 6) is -0.0982. The van der Waals surface area contributed by atoms with Crippen LogP contribution in [0.5, 0.6) is 0 Å². The molecule has 0 bridgehead atoms. The fraction of sp³-hybridized carbons (Fsp3) is 0.154. The van der Waals surface area contributed by atoms with E-state index in [0.717, 1.165) is 33.6 Å². The average molecular weight is 441 g/mol.